The van der Waals surface area contributed by atoms with E-state index in [1.165, 1.54) is 19.5 Å². The second-order valence-corrected chi connectivity index (χ2v) is 7.39. The third-order valence-electron chi connectivity index (χ3n) is 5.02. The van der Waals surface area contributed by atoms with Gasteiger partial charge in [0.1, 0.15) is 29.3 Å². The van der Waals surface area contributed by atoms with Gasteiger partial charge in [-0.1, -0.05) is 0 Å². The van der Waals surface area contributed by atoms with Crippen molar-refractivity contribution in [3.05, 3.63) is 35.9 Å². The largest absolute Gasteiger partial charge is 0.489 e. The number of nitrogens with two attached hydrogens (primary N) is 1. The molecule has 0 unspecified atom stereocenters. The Hall–Kier alpha value is -3.92. The van der Waals surface area contributed by atoms with Crippen LogP contribution in [0.15, 0.2) is 24.5 Å². The zero-order valence-corrected chi connectivity index (χ0v) is 17.3. The van der Waals surface area contributed by atoms with Gasteiger partial charge >= 0.3 is 6.18 Å². The molecule has 4 rings (SSSR count). The lowest BCUT2D eigenvalue weighted by atomic mass is 10.1. The molecule has 3 aromatic rings. The molecule has 0 saturated heterocycles. The maximum atomic E-state index is 13.4. The Kier molecular flexibility index (Phi) is 6.01. The van der Waals surface area contributed by atoms with Gasteiger partial charge in [-0.15, -0.1) is 0 Å². The molecule has 0 radical (unpaired) electrons. The van der Waals surface area contributed by atoms with Crippen LogP contribution < -0.4 is 20.5 Å². The van der Waals surface area contributed by atoms with Gasteiger partial charge < -0.3 is 20.5 Å². The third-order valence-corrected chi connectivity index (χ3v) is 5.02. The van der Waals surface area contributed by atoms with E-state index in [9.17, 15) is 13.2 Å². The first-order valence-corrected chi connectivity index (χ1v) is 9.90. The van der Waals surface area contributed by atoms with Crippen LogP contribution in [0.2, 0.25) is 0 Å². The highest BCUT2D eigenvalue weighted by molar-refractivity contribution is 5.75. The molecule has 0 amide bonds. The van der Waals surface area contributed by atoms with Crippen LogP contribution in [0, 0.1) is 11.3 Å². The fraction of sp³-hybridized carbons (Fsp3) is 0.350. The summed E-state index contributed by atoms with van der Waals surface area (Å²) in [5.41, 5.74) is 5.45. The van der Waals surface area contributed by atoms with Crippen LogP contribution in [0.3, 0.4) is 0 Å². The monoisotopic (exact) mass is 460 g/mol. The van der Waals surface area contributed by atoms with Gasteiger partial charge in [-0.05, 0) is 19.3 Å². The summed E-state index contributed by atoms with van der Waals surface area (Å²) in [7, 11) is 1.23. The SMILES string of the molecule is COc1nc(C(F)(F)F)cc(O[C@@H]2CC[C@H](N)C2)c1-c1cc(Nc2cnc(C#N)cn2)n[nH]1. The van der Waals surface area contributed by atoms with E-state index in [4.69, 9.17) is 20.5 Å². The van der Waals surface area contributed by atoms with Gasteiger partial charge in [-0.25, -0.2) is 15.0 Å². The van der Waals surface area contributed by atoms with Crippen molar-refractivity contribution in [2.24, 2.45) is 5.73 Å². The number of ether oxygens (including phenoxy) is 2. The normalized spacial score (nSPS) is 18.1. The topological polar surface area (TPSA) is 148 Å². The number of pyridine rings is 1. The van der Waals surface area contributed by atoms with Crippen LogP contribution >= 0.6 is 0 Å². The van der Waals surface area contributed by atoms with Crippen molar-refractivity contribution in [1.82, 2.24) is 25.1 Å². The minimum atomic E-state index is -4.69. The highest BCUT2D eigenvalue weighted by Gasteiger charge is 2.36. The molecule has 3 heterocycles. The van der Waals surface area contributed by atoms with E-state index in [1.807, 2.05) is 6.07 Å². The maximum absolute atomic E-state index is 13.4. The van der Waals surface area contributed by atoms with Crippen molar-refractivity contribution < 1.29 is 22.6 Å². The zero-order valence-electron chi connectivity index (χ0n) is 17.3. The van der Waals surface area contributed by atoms with E-state index in [1.54, 1.807) is 6.07 Å². The number of aromatic nitrogens is 5. The fourth-order valence-corrected chi connectivity index (χ4v) is 3.49. The molecule has 1 aliphatic carbocycles. The number of H-pyrrole nitrogens is 1. The molecule has 0 bridgehead atoms. The molecular formula is C20H19F3N8O2. The Morgan fingerprint density at radius 2 is 2.03 bits per heavy atom. The van der Waals surface area contributed by atoms with Crippen molar-refractivity contribution in [3.63, 3.8) is 0 Å². The Bertz CT molecular complexity index is 1170. The van der Waals surface area contributed by atoms with E-state index in [-0.39, 0.29) is 35.0 Å². The van der Waals surface area contributed by atoms with Gasteiger partial charge in [-0.3, -0.25) is 5.10 Å². The summed E-state index contributed by atoms with van der Waals surface area (Å²) in [5, 5.41) is 18.6. The van der Waals surface area contributed by atoms with E-state index in [2.05, 4.69) is 30.5 Å². The van der Waals surface area contributed by atoms with Gasteiger partial charge in [0.2, 0.25) is 5.88 Å². The van der Waals surface area contributed by atoms with Gasteiger partial charge in [0.05, 0.1) is 25.2 Å². The maximum Gasteiger partial charge on any atom is 0.433 e. The smallest absolute Gasteiger partial charge is 0.433 e. The summed E-state index contributed by atoms with van der Waals surface area (Å²) < 4.78 is 51.4. The van der Waals surface area contributed by atoms with Gasteiger partial charge in [0, 0.05) is 18.2 Å². The molecule has 0 spiro atoms. The quantitative estimate of drug-likeness (QED) is 0.504. The number of hydrogen-bond acceptors (Lipinski definition) is 9. The zero-order chi connectivity index (χ0) is 23.6. The summed E-state index contributed by atoms with van der Waals surface area (Å²) in [6.07, 6.45) is -0.509. The minimum Gasteiger partial charge on any atom is -0.489 e. The molecule has 1 saturated carbocycles. The number of rotatable bonds is 6. The van der Waals surface area contributed by atoms with E-state index < -0.39 is 11.9 Å². The number of halogens is 3. The fourth-order valence-electron chi connectivity index (χ4n) is 3.49. The molecule has 2 atom stereocenters. The summed E-state index contributed by atoms with van der Waals surface area (Å²) >= 11 is 0. The number of nitriles is 1. The van der Waals surface area contributed by atoms with Crippen molar-refractivity contribution in [2.75, 3.05) is 12.4 Å². The highest BCUT2D eigenvalue weighted by Crippen LogP contribution is 2.42. The Labute approximate surface area is 186 Å². The number of methoxy groups -OCH3 is 1. The molecule has 0 aliphatic heterocycles. The second-order valence-electron chi connectivity index (χ2n) is 7.39. The molecule has 4 N–H and O–H groups in total. The number of hydrogen-bond donors (Lipinski definition) is 3. The average molecular weight is 460 g/mol. The highest BCUT2D eigenvalue weighted by atomic mass is 19.4. The predicted molar refractivity (Wildman–Crippen MR) is 110 cm³/mol. The lowest BCUT2D eigenvalue weighted by Crippen LogP contribution is -2.20. The van der Waals surface area contributed by atoms with Crippen LogP contribution in [-0.4, -0.2) is 44.4 Å². The summed E-state index contributed by atoms with van der Waals surface area (Å²) in [6.45, 7) is 0. The van der Waals surface area contributed by atoms with Crippen LogP contribution in [0.4, 0.5) is 24.8 Å². The number of aromatic amines is 1. The molecule has 33 heavy (non-hydrogen) atoms. The van der Waals surface area contributed by atoms with E-state index >= 15 is 0 Å². The van der Waals surface area contributed by atoms with Crippen molar-refractivity contribution >= 4 is 11.6 Å². The molecule has 172 valence electrons. The number of alkyl halides is 3. The second kappa shape index (κ2) is 8.91. The lowest BCUT2D eigenvalue weighted by Gasteiger charge is -2.19. The van der Waals surface area contributed by atoms with Gasteiger partial charge in [0.25, 0.3) is 0 Å². The van der Waals surface area contributed by atoms with Crippen LogP contribution in [0.25, 0.3) is 11.3 Å². The van der Waals surface area contributed by atoms with E-state index in [0.717, 1.165) is 12.5 Å². The van der Waals surface area contributed by atoms with Crippen LogP contribution in [-0.2, 0) is 6.18 Å². The van der Waals surface area contributed by atoms with Crippen molar-refractivity contribution in [1.29, 1.82) is 5.26 Å². The first-order chi connectivity index (χ1) is 15.8. The summed E-state index contributed by atoms with van der Waals surface area (Å²) in [4.78, 5) is 11.6. The van der Waals surface area contributed by atoms with Crippen molar-refractivity contribution in [3.8, 4) is 29.0 Å². The summed E-state index contributed by atoms with van der Waals surface area (Å²) in [6, 6.07) is 4.19. The van der Waals surface area contributed by atoms with E-state index in [0.29, 0.717) is 30.2 Å². The van der Waals surface area contributed by atoms with Gasteiger partial charge in [-0.2, -0.15) is 23.5 Å². The van der Waals surface area contributed by atoms with Crippen molar-refractivity contribution in [2.45, 2.75) is 37.6 Å². The minimum absolute atomic E-state index is 0.0401. The standard InChI is InChI=1S/C20H19F3N8O2/c1-32-19-18(13-5-16(31-30-13)29-17-9-26-11(7-24)8-27-17)14(6-15(28-19)20(21,22)23)33-12-3-2-10(25)4-12/h5-6,8-10,12H,2-4,25H2,1H3,(H2,27,29,30,31)/t10-,12+/m0/s1. The third kappa shape index (κ3) is 4.96. The predicted octanol–water partition coefficient (Wildman–Crippen LogP) is 3.16. The Morgan fingerprint density at radius 1 is 1.21 bits per heavy atom. The molecule has 13 heteroatoms. The first kappa shape index (κ1) is 22.3. The first-order valence-electron chi connectivity index (χ1n) is 9.90. The number of nitrogens with zero attached hydrogens (tertiary/aromatic N) is 5. The number of anilines is 2. The average Bonchev–Trinajstić information content (AvgIpc) is 3.41. The van der Waals surface area contributed by atoms with Crippen LogP contribution in [0.1, 0.15) is 30.7 Å². The van der Waals surface area contributed by atoms with Crippen LogP contribution in [0.5, 0.6) is 11.6 Å². The Balaban J connectivity index is 1.70. The summed E-state index contributed by atoms with van der Waals surface area (Å²) in [5.74, 6) is 0.317. The molecule has 10 nitrogen and oxygen atoms in total. The molecule has 3 aromatic heterocycles. The molecule has 0 aromatic carbocycles. The van der Waals surface area contributed by atoms with Gasteiger partial charge in [0.15, 0.2) is 17.2 Å². The number of nitrogens with one attached hydrogen (secondary N) is 2. The Morgan fingerprint density at radius 3 is 2.64 bits per heavy atom. The molecule has 1 fully saturated rings. The molecule has 1 aliphatic rings. The molecular weight excluding hydrogens is 441 g/mol. The lowest BCUT2D eigenvalue weighted by molar-refractivity contribution is -0.141.